The Kier molecular flexibility index (Phi) is 6.68. The lowest BCUT2D eigenvalue weighted by atomic mass is 9.75. The number of pyridine rings is 2. The molecule has 2 atom stereocenters. The highest BCUT2D eigenvalue weighted by molar-refractivity contribution is 5.90. The zero-order chi connectivity index (χ0) is 27.4. The first-order valence-corrected chi connectivity index (χ1v) is 13.8. The Morgan fingerprint density at radius 1 is 1.21 bits per heavy atom. The third-order valence-electron chi connectivity index (χ3n) is 8.14. The summed E-state index contributed by atoms with van der Waals surface area (Å²) in [5, 5.41) is 3.18. The molecule has 206 valence electrons. The largest absolute Gasteiger partial charge is 0.462 e. The molecule has 1 saturated heterocycles. The Morgan fingerprint density at radius 3 is 2.61 bits per heavy atom. The molecule has 3 heterocycles. The molecule has 2 aliphatic carbocycles. The molecular weight excluding hydrogens is 489 g/mol. The maximum atomic E-state index is 15.9. The van der Waals surface area contributed by atoms with Crippen LogP contribution in [0.2, 0.25) is 0 Å². The number of alkyl carbamates (subject to hydrolysis) is 1. The number of hydrogen-bond acceptors (Lipinski definition) is 6. The lowest BCUT2D eigenvalue weighted by Crippen LogP contribution is -2.56. The number of carbonyl (C=O) groups is 2. The smallest absolute Gasteiger partial charge is 0.408 e. The third-order valence-corrected chi connectivity index (χ3v) is 8.14. The molecule has 1 N–H and O–H groups in total. The molecule has 9 heteroatoms. The molecule has 0 bridgehead atoms. The molecule has 5 rings (SSSR count). The van der Waals surface area contributed by atoms with E-state index in [1.54, 1.807) is 13.0 Å². The minimum Gasteiger partial charge on any atom is -0.462 e. The zero-order valence-corrected chi connectivity index (χ0v) is 23.0. The van der Waals surface area contributed by atoms with Crippen LogP contribution in [0.1, 0.15) is 93.6 Å². The van der Waals surface area contributed by atoms with Crippen LogP contribution in [-0.4, -0.2) is 47.3 Å². The minimum absolute atomic E-state index is 0.0643. The van der Waals surface area contributed by atoms with E-state index in [1.165, 1.54) is 10.6 Å². The average Bonchev–Trinajstić information content (AvgIpc) is 3.59. The normalized spacial score (nSPS) is 23.3. The van der Waals surface area contributed by atoms with E-state index >= 15 is 4.39 Å². The number of hydrogen-bond donors (Lipinski definition) is 1. The Bertz CT molecular complexity index is 1340. The number of nitrogens with one attached hydrogen (secondary N) is 1. The summed E-state index contributed by atoms with van der Waals surface area (Å²) in [5.74, 6) is -0.826. The summed E-state index contributed by atoms with van der Waals surface area (Å²) in [4.78, 5) is 40.6. The van der Waals surface area contributed by atoms with Crippen molar-refractivity contribution >= 4 is 23.3 Å². The van der Waals surface area contributed by atoms with Crippen molar-refractivity contribution in [1.29, 1.82) is 0 Å². The van der Waals surface area contributed by atoms with Crippen LogP contribution in [0.25, 0.3) is 5.52 Å². The highest BCUT2D eigenvalue weighted by atomic mass is 19.1. The zero-order valence-electron chi connectivity index (χ0n) is 23.0. The SMILES string of the molecule is CCOC(=O)c1cc(C2CC2)c2c(C)c(N3C[C@@H]4CCCC[C@]4(NC(=O)OC(C)(C)C)C3)c(F)cn2c1=O. The number of amides is 1. The van der Waals surface area contributed by atoms with Crippen LogP contribution in [0.15, 0.2) is 17.1 Å². The van der Waals surface area contributed by atoms with E-state index in [9.17, 15) is 14.4 Å². The molecular formula is C29H38FN3O5. The van der Waals surface area contributed by atoms with Crippen molar-refractivity contribution in [2.45, 2.75) is 90.2 Å². The standard InChI is InChI=1S/C29H38FN3O5/c1-6-37-26(35)21-13-20(18-10-11-18)23-17(2)24(22(30)15-33(23)25(21)34)32-14-19-9-7-8-12-29(19,16-32)31-27(36)38-28(3,4)5/h13,15,18-19H,6-12,14,16H2,1-5H3,(H,31,36)/t19-,29-/m0/s1. The Hall–Kier alpha value is -3.10. The van der Waals surface area contributed by atoms with E-state index in [4.69, 9.17) is 9.47 Å². The number of esters is 1. The second-order valence-corrected chi connectivity index (χ2v) is 12.1. The third kappa shape index (κ3) is 4.76. The fourth-order valence-corrected chi connectivity index (χ4v) is 6.43. The molecule has 1 aliphatic heterocycles. The van der Waals surface area contributed by atoms with Gasteiger partial charge in [-0.1, -0.05) is 12.8 Å². The van der Waals surface area contributed by atoms with E-state index in [0.29, 0.717) is 29.9 Å². The summed E-state index contributed by atoms with van der Waals surface area (Å²) < 4.78 is 27.9. The lowest BCUT2D eigenvalue weighted by molar-refractivity contribution is 0.0403. The van der Waals surface area contributed by atoms with Gasteiger partial charge in [-0.15, -0.1) is 0 Å². The summed E-state index contributed by atoms with van der Waals surface area (Å²) in [6.07, 6.45) is 6.47. The first-order valence-electron chi connectivity index (χ1n) is 13.8. The van der Waals surface area contributed by atoms with E-state index in [-0.39, 0.29) is 24.0 Å². The second-order valence-electron chi connectivity index (χ2n) is 12.1. The van der Waals surface area contributed by atoms with Crippen molar-refractivity contribution in [2.24, 2.45) is 5.92 Å². The fraction of sp³-hybridized carbons (Fsp3) is 0.621. The predicted molar refractivity (Wildman–Crippen MR) is 143 cm³/mol. The van der Waals surface area contributed by atoms with Crippen LogP contribution in [0, 0.1) is 18.7 Å². The molecule has 8 nitrogen and oxygen atoms in total. The summed E-state index contributed by atoms with van der Waals surface area (Å²) in [7, 11) is 0. The van der Waals surface area contributed by atoms with Crippen LogP contribution in [0.3, 0.4) is 0 Å². The monoisotopic (exact) mass is 527 g/mol. The van der Waals surface area contributed by atoms with Gasteiger partial charge >= 0.3 is 12.1 Å². The van der Waals surface area contributed by atoms with Crippen LogP contribution in [0.4, 0.5) is 14.9 Å². The average molecular weight is 528 g/mol. The Labute approximate surface area is 222 Å². The maximum Gasteiger partial charge on any atom is 0.408 e. The first-order chi connectivity index (χ1) is 17.9. The molecule has 0 unspecified atom stereocenters. The number of rotatable bonds is 5. The number of anilines is 1. The molecule has 3 fully saturated rings. The highest BCUT2D eigenvalue weighted by Crippen LogP contribution is 2.46. The summed E-state index contributed by atoms with van der Waals surface area (Å²) in [5.41, 5.74) is 0.910. The van der Waals surface area contributed by atoms with Gasteiger partial charge in [-0.2, -0.15) is 0 Å². The number of aryl methyl sites for hydroxylation is 1. The number of ether oxygens (including phenoxy) is 2. The van der Waals surface area contributed by atoms with E-state index < -0.39 is 34.6 Å². The quantitative estimate of drug-likeness (QED) is 0.546. The molecule has 3 aliphatic rings. The number of nitrogens with zero attached hydrogens (tertiary/aromatic N) is 2. The highest BCUT2D eigenvalue weighted by Gasteiger charge is 2.50. The molecule has 2 saturated carbocycles. The van der Waals surface area contributed by atoms with Crippen molar-refractivity contribution in [2.75, 3.05) is 24.6 Å². The fourth-order valence-electron chi connectivity index (χ4n) is 6.43. The van der Waals surface area contributed by atoms with Gasteiger partial charge in [0.25, 0.3) is 5.56 Å². The van der Waals surface area contributed by atoms with Gasteiger partial charge in [-0.25, -0.2) is 14.0 Å². The van der Waals surface area contributed by atoms with Gasteiger partial charge in [0, 0.05) is 19.0 Å². The molecule has 0 radical (unpaired) electrons. The number of fused-ring (bicyclic) bond motifs is 2. The van der Waals surface area contributed by atoms with Crippen molar-refractivity contribution in [3.63, 3.8) is 0 Å². The predicted octanol–water partition coefficient (Wildman–Crippen LogP) is 5.07. The molecule has 1 amide bonds. The van der Waals surface area contributed by atoms with Crippen LogP contribution in [0.5, 0.6) is 0 Å². The van der Waals surface area contributed by atoms with Crippen molar-refractivity contribution in [1.82, 2.24) is 9.72 Å². The van der Waals surface area contributed by atoms with Crippen LogP contribution in [-0.2, 0) is 9.47 Å². The van der Waals surface area contributed by atoms with Gasteiger partial charge in [0.2, 0.25) is 0 Å². The van der Waals surface area contributed by atoms with Gasteiger partial charge < -0.3 is 19.7 Å². The molecule has 2 aromatic heterocycles. The van der Waals surface area contributed by atoms with E-state index in [1.807, 2.05) is 32.6 Å². The van der Waals surface area contributed by atoms with Gasteiger partial charge in [0.05, 0.1) is 29.5 Å². The number of halogens is 1. The number of carbonyl (C=O) groups excluding carboxylic acids is 2. The van der Waals surface area contributed by atoms with Crippen LogP contribution < -0.4 is 15.8 Å². The van der Waals surface area contributed by atoms with Gasteiger partial charge in [0.1, 0.15) is 11.2 Å². The number of aromatic nitrogens is 1. The Morgan fingerprint density at radius 2 is 1.95 bits per heavy atom. The van der Waals surface area contributed by atoms with Gasteiger partial charge in [-0.05, 0) is 83.4 Å². The minimum atomic E-state index is -0.685. The molecule has 2 aromatic rings. The van der Waals surface area contributed by atoms with E-state index in [0.717, 1.165) is 44.1 Å². The molecule has 0 aromatic carbocycles. The van der Waals surface area contributed by atoms with Gasteiger partial charge in [-0.3, -0.25) is 9.20 Å². The summed E-state index contributed by atoms with van der Waals surface area (Å²) in [6.45, 7) is 10.3. The lowest BCUT2D eigenvalue weighted by Gasteiger charge is -2.39. The van der Waals surface area contributed by atoms with Crippen LogP contribution >= 0.6 is 0 Å². The molecule has 38 heavy (non-hydrogen) atoms. The van der Waals surface area contributed by atoms with Crippen molar-refractivity contribution < 1.29 is 23.5 Å². The van der Waals surface area contributed by atoms with E-state index in [2.05, 4.69) is 5.32 Å². The second kappa shape index (κ2) is 9.58. The topological polar surface area (TPSA) is 89.3 Å². The first kappa shape index (κ1) is 26.5. The maximum absolute atomic E-state index is 15.9. The van der Waals surface area contributed by atoms with Gasteiger partial charge in [0.15, 0.2) is 5.82 Å². The molecule has 0 spiro atoms. The summed E-state index contributed by atoms with van der Waals surface area (Å²) in [6, 6.07) is 1.65. The van der Waals surface area contributed by atoms with Crippen molar-refractivity contribution in [3.05, 3.63) is 45.1 Å². The van der Waals surface area contributed by atoms with Crippen molar-refractivity contribution in [3.8, 4) is 0 Å². The summed E-state index contributed by atoms with van der Waals surface area (Å²) >= 11 is 0. The Balaban J connectivity index is 1.57.